The molecule has 3 heteroatoms. The minimum Gasteiger partial charge on any atom is -0.468 e. The summed E-state index contributed by atoms with van der Waals surface area (Å²) in [5, 5.41) is 0. The highest BCUT2D eigenvalue weighted by molar-refractivity contribution is 5.82. The molecule has 0 atom stereocenters. The second kappa shape index (κ2) is 3.06. The van der Waals surface area contributed by atoms with Gasteiger partial charge in [-0.25, -0.2) is 0 Å². The van der Waals surface area contributed by atoms with Gasteiger partial charge in [-0.2, -0.15) is 0 Å². The number of hydrogen-bond donors (Lipinski definition) is 0. The molecule has 0 amide bonds. The molecule has 1 rings (SSSR count). The Morgan fingerprint density at radius 1 is 1.80 bits per heavy atom. The maximum absolute atomic E-state index is 10.5. The molecule has 53 valence electrons. The van der Waals surface area contributed by atoms with Crippen LogP contribution in [0.4, 0.5) is 0 Å². The largest absolute Gasteiger partial charge is 0.468 e. The lowest BCUT2D eigenvalue weighted by Gasteiger charge is -1.92. The van der Waals surface area contributed by atoms with Gasteiger partial charge in [0.1, 0.15) is 12.2 Å². The number of rotatable bonds is 2. The van der Waals surface area contributed by atoms with Gasteiger partial charge in [0.15, 0.2) is 0 Å². The van der Waals surface area contributed by atoms with Gasteiger partial charge in [0, 0.05) is 0 Å². The second-order valence-electron chi connectivity index (χ2n) is 1.68. The first-order chi connectivity index (χ1) is 4.83. The van der Waals surface area contributed by atoms with E-state index in [0.29, 0.717) is 5.76 Å². The number of hydrogen-bond acceptors (Lipinski definition) is 3. The molecule has 0 aliphatic carbocycles. The van der Waals surface area contributed by atoms with Crippen molar-refractivity contribution in [1.29, 1.82) is 0 Å². The van der Waals surface area contributed by atoms with E-state index in [-0.39, 0.29) is 0 Å². The molecule has 1 aromatic heterocycles. The molecule has 1 aromatic rings. The molecule has 0 bridgehead atoms. The van der Waals surface area contributed by atoms with Gasteiger partial charge in [-0.1, -0.05) is 0 Å². The van der Waals surface area contributed by atoms with Crippen molar-refractivity contribution in [3.63, 3.8) is 0 Å². The van der Waals surface area contributed by atoms with E-state index in [9.17, 15) is 4.79 Å². The normalized spacial score (nSPS) is 9.30. The fraction of sp³-hybridized carbons (Fsp3) is 0.143. The van der Waals surface area contributed by atoms with Crippen LogP contribution in [-0.2, 0) is 9.53 Å². The molecule has 0 unspecified atom stereocenters. The first kappa shape index (κ1) is 6.86. The number of ether oxygens (including phenoxy) is 1. The molecule has 3 nitrogen and oxygen atoms in total. The topological polar surface area (TPSA) is 39.4 Å². The third-order valence-corrected chi connectivity index (χ3v) is 1.00. The Hall–Kier alpha value is -1.25. The van der Waals surface area contributed by atoms with Crippen LogP contribution < -0.4 is 0 Å². The first-order valence-corrected chi connectivity index (χ1v) is 2.79. The molecule has 0 spiro atoms. The zero-order chi connectivity index (χ0) is 7.40. The Morgan fingerprint density at radius 3 is 3.10 bits per heavy atom. The monoisotopic (exact) mass is 139 g/mol. The van der Waals surface area contributed by atoms with Crippen LogP contribution in [0.15, 0.2) is 22.8 Å². The number of methoxy groups -OCH3 is 1. The quantitative estimate of drug-likeness (QED) is 0.574. The first-order valence-electron chi connectivity index (χ1n) is 2.79. The van der Waals surface area contributed by atoms with Gasteiger partial charge in [0.2, 0.25) is 0 Å². The van der Waals surface area contributed by atoms with E-state index in [1.54, 1.807) is 12.1 Å². The molecule has 0 N–H and O–H groups in total. The van der Waals surface area contributed by atoms with Crippen LogP contribution in [0.1, 0.15) is 5.76 Å². The van der Waals surface area contributed by atoms with Gasteiger partial charge in [0.05, 0.1) is 13.4 Å². The van der Waals surface area contributed by atoms with Crippen molar-refractivity contribution in [1.82, 2.24) is 0 Å². The van der Waals surface area contributed by atoms with Crippen molar-refractivity contribution in [2.45, 2.75) is 0 Å². The summed E-state index contributed by atoms with van der Waals surface area (Å²) in [6, 6.07) is 3.38. The predicted molar refractivity (Wildman–Crippen MR) is 34.1 cm³/mol. The fourth-order valence-electron chi connectivity index (χ4n) is 0.548. The highest BCUT2D eigenvalue weighted by atomic mass is 16.5. The highest BCUT2D eigenvalue weighted by Gasteiger charge is 2.04. The molecule has 1 heterocycles. The summed E-state index contributed by atoms with van der Waals surface area (Å²) in [5.74, 6) is 0.0989. The van der Waals surface area contributed by atoms with Gasteiger partial charge in [-0.3, -0.25) is 4.79 Å². The van der Waals surface area contributed by atoms with Crippen molar-refractivity contribution < 1.29 is 13.9 Å². The molecule has 0 saturated heterocycles. The molecule has 0 aliphatic heterocycles. The summed E-state index contributed by atoms with van der Waals surface area (Å²) in [5.41, 5.74) is 0. The molecule has 0 aliphatic rings. The van der Waals surface area contributed by atoms with Crippen LogP contribution in [0.25, 0.3) is 0 Å². The summed E-state index contributed by atoms with van der Waals surface area (Å²) in [6.45, 7) is 0. The van der Waals surface area contributed by atoms with Crippen LogP contribution in [0, 0.1) is 6.42 Å². The van der Waals surface area contributed by atoms with Crippen molar-refractivity contribution in [3.8, 4) is 0 Å². The molecule has 1 radical (unpaired) electrons. The average Bonchev–Trinajstić information content (AvgIpc) is 2.40. The Morgan fingerprint density at radius 2 is 2.60 bits per heavy atom. The smallest absolute Gasteiger partial charge is 0.317 e. The van der Waals surface area contributed by atoms with Crippen LogP contribution in [-0.4, -0.2) is 13.1 Å². The van der Waals surface area contributed by atoms with E-state index in [0.717, 1.165) is 0 Å². The number of furan rings is 1. The second-order valence-corrected chi connectivity index (χ2v) is 1.68. The number of esters is 1. The summed E-state index contributed by atoms with van der Waals surface area (Å²) >= 11 is 0. The molecular formula is C7H7O3. The molecule has 0 fully saturated rings. The van der Waals surface area contributed by atoms with Crippen molar-refractivity contribution in [2.24, 2.45) is 0 Å². The summed E-state index contributed by atoms with van der Waals surface area (Å²) < 4.78 is 9.22. The van der Waals surface area contributed by atoms with E-state index in [4.69, 9.17) is 4.42 Å². The maximum Gasteiger partial charge on any atom is 0.317 e. The Bertz CT molecular complexity index is 201. The highest BCUT2D eigenvalue weighted by Crippen LogP contribution is 2.03. The van der Waals surface area contributed by atoms with Gasteiger partial charge >= 0.3 is 5.97 Å². The van der Waals surface area contributed by atoms with E-state index in [2.05, 4.69) is 4.74 Å². The van der Waals surface area contributed by atoms with Crippen molar-refractivity contribution >= 4 is 5.97 Å². The maximum atomic E-state index is 10.5. The third kappa shape index (κ3) is 1.62. The average molecular weight is 139 g/mol. The van der Waals surface area contributed by atoms with E-state index < -0.39 is 5.97 Å². The van der Waals surface area contributed by atoms with E-state index in [1.165, 1.54) is 19.8 Å². The standard InChI is InChI=1S/C7H7O3/c1-9-7(8)5-6-3-2-4-10-6/h2-5H,1H3. The van der Waals surface area contributed by atoms with Crippen LogP contribution in [0.3, 0.4) is 0 Å². The lowest BCUT2D eigenvalue weighted by Crippen LogP contribution is -2.00. The van der Waals surface area contributed by atoms with Crippen molar-refractivity contribution in [3.05, 3.63) is 30.6 Å². The molecule has 0 saturated carbocycles. The van der Waals surface area contributed by atoms with E-state index >= 15 is 0 Å². The lowest BCUT2D eigenvalue weighted by atomic mass is 10.3. The third-order valence-electron chi connectivity index (χ3n) is 1.00. The zero-order valence-electron chi connectivity index (χ0n) is 5.53. The van der Waals surface area contributed by atoms with Crippen LogP contribution in [0.5, 0.6) is 0 Å². The van der Waals surface area contributed by atoms with Gasteiger partial charge < -0.3 is 9.15 Å². The fourth-order valence-corrected chi connectivity index (χ4v) is 0.548. The summed E-state index contributed by atoms with van der Waals surface area (Å²) in [4.78, 5) is 10.5. The SMILES string of the molecule is COC(=O)[CH]c1ccco1. The van der Waals surface area contributed by atoms with Crippen LogP contribution in [0.2, 0.25) is 0 Å². The van der Waals surface area contributed by atoms with Gasteiger partial charge in [-0.05, 0) is 12.1 Å². The number of carbonyl (C=O) groups is 1. The lowest BCUT2D eigenvalue weighted by molar-refractivity contribution is -0.136. The van der Waals surface area contributed by atoms with Crippen LogP contribution >= 0.6 is 0 Å². The zero-order valence-corrected chi connectivity index (χ0v) is 5.53. The Labute approximate surface area is 58.6 Å². The molecule has 0 aromatic carbocycles. The molecular weight excluding hydrogens is 132 g/mol. The van der Waals surface area contributed by atoms with Gasteiger partial charge in [-0.15, -0.1) is 0 Å². The van der Waals surface area contributed by atoms with Crippen molar-refractivity contribution in [2.75, 3.05) is 7.11 Å². The Balaban J connectivity index is 2.48. The molecule has 10 heavy (non-hydrogen) atoms. The number of carbonyl (C=O) groups excluding carboxylic acids is 1. The van der Waals surface area contributed by atoms with E-state index in [1.807, 2.05) is 0 Å². The minimum absolute atomic E-state index is 0.407. The predicted octanol–water partition coefficient (Wildman–Crippen LogP) is 1.00. The summed E-state index contributed by atoms with van der Waals surface area (Å²) in [7, 11) is 1.32. The Kier molecular flexibility index (Phi) is 2.10. The summed E-state index contributed by atoms with van der Waals surface area (Å²) in [6.07, 6.45) is 2.77. The minimum atomic E-state index is -0.407. The van der Waals surface area contributed by atoms with Gasteiger partial charge in [0.25, 0.3) is 0 Å².